The first-order valence-electron chi connectivity index (χ1n) is 5.39. The number of benzene rings is 2. The average Bonchev–Trinajstić information content (AvgIpc) is 2.33. The number of phenols is 1. The molecule has 2 rings (SSSR count). The summed E-state index contributed by atoms with van der Waals surface area (Å²) in [5.74, 6) is 0.513. The summed E-state index contributed by atoms with van der Waals surface area (Å²) in [5, 5.41) is 9.18. The van der Waals surface area contributed by atoms with E-state index in [1.807, 2.05) is 0 Å². The van der Waals surface area contributed by atoms with Crippen LogP contribution in [0.5, 0.6) is 11.5 Å². The van der Waals surface area contributed by atoms with Crippen molar-refractivity contribution in [3.05, 3.63) is 48.5 Å². The van der Waals surface area contributed by atoms with Crippen LogP contribution in [-0.2, 0) is 10.1 Å². The van der Waals surface area contributed by atoms with Gasteiger partial charge in [0.25, 0.3) is 0 Å². The Morgan fingerprint density at radius 1 is 0.947 bits per heavy atom. The van der Waals surface area contributed by atoms with Crippen LogP contribution in [0, 0.1) is 0 Å². The van der Waals surface area contributed by atoms with Gasteiger partial charge < -0.3 is 9.29 Å². The maximum atomic E-state index is 11.0. The van der Waals surface area contributed by atoms with E-state index in [9.17, 15) is 13.5 Å². The molecule has 0 radical (unpaired) electrons. The van der Waals surface area contributed by atoms with Crippen molar-refractivity contribution in [2.24, 2.45) is 0 Å². The van der Waals surface area contributed by atoms with E-state index in [4.69, 9.17) is 4.18 Å². The highest BCUT2D eigenvalue weighted by molar-refractivity contribution is 7.99. The van der Waals surface area contributed by atoms with Crippen molar-refractivity contribution in [3.63, 3.8) is 0 Å². The third kappa shape index (κ3) is 4.50. The van der Waals surface area contributed by atoms with Crippen LogP contribution < -0.4 is 4.18 Å². The summed E-state index contributed by atoms with van der Waals surface area (Å²) in [4.78, 5) is 1.93. The van der Waals surface area contributed by atoms with Crippen molar-refractivity contribution in [3.8, 4) is 11.5 Å². The van der Waals surface area contributed by atoms with Gasteiger partial charge in [-0.1, -0.05) is 11.8 Å². The Kier molecular flexibility index (Phi) is 4.01. The van der Waals surface area contributed by atoms with Crippen molar-refractivity contribution in [2.75, 3.05) is 6.26 Å². The third-order valence-corrected chi connectivity index (χ3v) is 3.65. The second-order valence-corrected chi connectivity index (χ2v) is 6.58. The van der Waals surface area contributed by atoms with Crippen LogP contribution in [0.15, 0.2) is 58.3 Å². The molecule has 1 N–H and O–H groups in total. The number of phenolic OH excluding ortho intramolecular Hbond substituents is 1. The number of hydrogen-bond acceptors (Lipinski definition) is 5. The lowest BCUT2D eigenvalue weighted by Gasteiger charge is -2.05. The Bertz CT molecular complexity index is 646. The zero-order chi connectivity index (χ0) is 13.9. The standard InChI is InChI=1S/C13H12O4S2/c1-19(15,16)17-11-4-8-13(9-5-11)18-12-6-2-10(14)3-7-12/h2-9,14H,1H3. The van der Waals surface area contributed by atoms with Crippen molar-refractivity contribution in [2.45, 2.75) is 9.79 Å². The number of aromatic hydroxyl groups is 1. The SMILES string of the molecule is CS(=O)(=O)Oc1ccc(Sc2ccc(O)cc2)cc1. The van der Waals surface area contributed by atoms with Crippen LogP contribution in [-0.4, -0.2) is 19.8 Å². The smallest absolute Gasteiger partial charge is 0.306 e. The van der Waals surface area contributed by atoms with E-state index in [0.29, 0.717) is 0 Å². The fourth-order valence-electron chi connectivity index (χ4n) is 1.39. The Labute approximate surface area is 116 Å². The highest BCUT2D eigenvalue weighted by Crippen LogP contribution is 2.30. The fraction of sp³-hybridized carbons (Fsp3) is 0.0769. The molecule has 4 nitrogen and oxygen atoms in total. The molecule has 0 aromatic heterocycles. The van der Waals surface area contributed by atoms with Gasteiger partial charge in [-0.05, 0) is 48.5 Å². The van der Waals surface area contributed by atoms with E-state index in [0.717, 1.165) is 16.0 Å². The highest BCUT2D eigenvalue weighted by Gasteiger charge is 2.04. The predicted molar refractivity (Wildman–Crippen MR) is 74.1 cm³/mol. The lowest BCUT2D eigenvalue weighted by atomic mass is 10.3. The van der Waals surface area contributed by atoms with E-state index in [1.54, 1.807) is 48.5 Å². The average molecular weight is 296 g/mol. The maximum Gasteiger partial charge on any atom is 0.306 e. The van der Waals surface area contributed by atoms with Gasteiger partial charge in [0.15, 0.2) is 0 Å². The minimum atomic E-state index is -3.49. The van der Waals surface area contributed by atoms with Gasteiger partial charge in [0.2, 0.25) is 0 Å². The first kappa shape index (κ1) is 13.8. The van der Waals surface area contributed by atoms with Crippen molar-refractivity contribution in [1.29, 1.82) is 0 Å². The molecular weight excluding hydrogens is 284 g/mol. The molecule has 0 saturated heterocycles. The molecule has 0 saturated carbocycles. The molecular formula is C13H12O4S2. The van der Waals surface area contributed by atoms with Crippen LogP contribution in [0.25, 0.3) is 0 Å². The van der Waals surface area contributed by atoms with Crippen LogP contribution in [0.1, 0.15) is 0 Å². The monoisotopic (exact) mass is 296 g/mol. The van der Waals surface area contributed by atoms with Gasteiger partial charge in [0, 0.05) is 9.79 Å². The Morgan fingerprint density at radius 3 is 1.89 bits per heavy atom. The second kappa shape index (κ2) is 5.54. The predicted octanol–water partition coefficient (Wildman–Crippen LogP) is 2.88. The molecule has 6 heteroatoms. The lowest BCUT2D eigenvalue weighted by molar-refractivity contribution is 0.475. The molecule has 0 aliphatic rings. The molecule has 0 fully saturated rings. The molecule has 19 heavy (non-hydrogen) atoms. The lowest BCUT2D eigenvalue weighted by Crippen LogP contribution is -2.05. The molecule has 0 unspecified atom stereocenters. The van der Waals surface area contributed by atoms with Crippen molar-refractivity contribution < 1.29 is 17.7 Å². The zero-order valence-corrected chi connectivity index (χ0v) is 11.7. The molecule has 0 bridgehead atoms. The van der Waals surface area contributed by atoms with Gasteiger partial charge in [-0.3, -0.25) is 0 Å². The van der Waals surface area contributed by atoms with Gasteiger partial charge in [-0.25, -0.2) is 0 Å². The molecule has 0 heterocycles. The third-order valence-electron chi connectivity index (χ3n) is 2.14. The summed E-state index contributed by atoms with van der Waals surface area (Å²) in [7, 11) is -3.49. The molecule has 100 valence electrons. The summed E-state index contributed by atoms with van der Waals surface area (Å²) in [6.07, 6.45) is 1.01. The van der Waals surface area contributed by atoms with Gasteiger partial charge in [-0.15, -0.1) is 0 Å². The largest absolute Gasteiger partial charge is 0.508 e. The molecule has 2 aromatic carbocycles. The van der Waals surface area contributed by atoms with Crippen molar-refractivity contribution >= 4 is 21.9 Å². The Balaban J connectivity index is 2.08. The van der Waals surface area contributed by atoms with Gasteiger partial charge in [0.05, 0.1) is 6.26 Å². The van der Waals surface area contributed by atoms with Crippen LogP contribution in [0.3, 0.4) is 0 Å². The quantitative estimate of drug-likeness (QED) is 0.879. The van der Waals surface area contributed by atoms with E-state index in [1.165, 1.54) is 11.8 Å². The Morgan fingerprint density at radius 2 is 1.42 bits per heavy atom. The van der Waals surface area contributed by atoms with Crippen LogP contribution in [0.4, 0.5) is 0 Å². The number of rotatable bonds is 4. The summed E-state index contributed by atoms with van der Waals surface area (Å²) >= 11 is 1.51. The van der Waals surface area contributed by atoms with E-state index in [-0.39, 0.29) is 11.5 Å². The molecule has 0 amide bonds. The van der Waals surface area contributed by atoms with Crippen molar-refractivity contribution in [1.82, 2.24) is 0 Å². The normalized spacial score (nSPS) is 11.2. The molecule has 0 spiro atoms. The summed E-state index contributed by atoms with van der Waals surface area (Å²) < 4.78 is 26.7. The van der Waals surface area contributed by atoms with Gasteiger partial charge in [0.1, 0.15) is 11.5 Å². The van der Waals surface area contributed by atoms with Crippen LogP contribution in [0.2, 0.25) is 0 Å². The van der Waals surface area contributed by atoms with Gasteiger partial charge >= 0.3 is 10.1 Å². The first-order chi connectivity index (χ1) is 8.92. The fourth-order valence-corrected chi connectivity index (χ4v) is 2.67. The van der Waals surface area contributed by atoms with Gasteiger partial charge in [-0.2, -0.15) is 8.42 Å². The first-order valence-corrected chi connectivity index (χ1v) is 8.02. The molecule has 0 aliphatic heterocycles. The van der Waals surface area contributed by atoms with Crippen LogP contribution >= 0.6 is 11.8 Å². The number of hydrogen-bond donors (Lipinski definition) is 1. The summed E-state index contributed by atoms with van der Waals surface area (Å²) in [6, 6.07) is 13.6. The minimum Gasteiger partial charge on any atom is -0.508 e. The molecule has 2 aromatic rings. The zero-order valence-electron chi connectivity index (χ0n) is 10.1. The topological polar surface area (TPSA) is 63.6 Å². The molecule has 0 aliphatic carbocycles. The maximum absolute atomic E-state index is 11.0. The molecule has 0 atom stereocenters. The van der Waals surface area contributed by atoms with E-state index in [2.05, 4.69) is 0 Å². The second-order valence-electron chi connectivity index (χ2n) is 3.85. The summed E-state index contributed by atoms with van der Waals surface area (Å²) in [5.41, 5.74) is 0. The van der Waals surface area contributed by atoms with E-state index < -0.39 is 10.1 Å². The summed E-state index contributed by atoms with van der Waals surface area (Å²) in [6.45, 7) is 0. The van der Waals surface area contributed by atoms with E-state index >= 15 is 0 Å². The minimum absolute atomic E-state index is 0.223. The highest BCUT2D eigenvalue weighted by atomic mass is 32.2. The Hall–Kier alpha value is -1.66.